The van der Waals surface area contributed by atoms with E-state index in [0.717, 1.165) is 24.0 Å². The summed E-state index contributed by atoms with van der Waals surface area (Å²) in [5.41, 5.74) is 4.97. The molecular weight excluding hydrogens is 158 g/mol. The molecule has 1 nitrogen and oxygen atoms in total. The Balaban J connectivity index is 3.90. The quantitative estimate of drug-likeness (QED) is 0.354. The molecule has 13 heavy (non-hydrogen) atoms. The summed E-state index contributed by atoms with van der Waals surface area (Å²) in [6.07, 6.45) is 5.76. The van der Waals surface area contributed by atoms with Crippen LogP contribution in [-0.2, 0) is 0 Å². The molecule has 0 rings (SSSR count). The van der Waals surface area contributed by atoms with E-state index >= 15 is 0 Å². The molecule has 0 atom stereocenters. The van der Waals surface area contributed by atoms with E-state index in [9.17, 15) is 0 Å². The van der Waals surface area contributed by atoms with Gasteiger partial charge in [0.2, 0.25) is 0 Å². The number of nitrogens with zero attached hydrogens (tertiary/aromatic N) is 1. The predicted octanol–water partition coefficient (Wildman–Crippen LogP) is 3.97. The van der Waals surface area contributed by atoms with E-state index in [1.807, 2.05) is 13.8 Å². The number of hydrogen-bond donors (Lipinski definition) is 0. The van der Waals surface area contributed by atoms with Crippen LogP contribution in [0.4, 0.5) is 0 Å². The number of rotatable bonds is 5. The van der Waals surface area contributed by atoms with Crippen molar-refractivity contribution in [2.24, 2.45) is 0 Å². The van der Waals surface area contributed by atoms with Gasteiger partial charge in [-0.2, -0.15) is 5.26 Å². The molecule has 0 unspecified atom stereocenters. The standard InChI is InChI=1S/C12H19N/c1-4-5-6-7-8-12(10-13)9-11(2)3/h4-8H2,1-3H3. The molecule has 0 aliphatic rings. The zero-order valence-corrected chi connectivity index (χ0v) is 8.98. The lowest BCUT2D eigenvalue weighted by molar-refractivity contribution is 0.669. The lowest BCUT2D eigenvalue weighted by Crippen LogP contribution is -1.80. The summed E-state index contributed by atoms with van der Waals surface area (Å²) < 4.78 is 0. The first-order valence-electron chi connectivity index (χ1n) is 5.03. The maximum atomic E-state index is 8.77. The van der Waals surface area contributed by atoms with E-state index in [2.05, 4.69) is 18.7 Å². The molecule has 0 amide bonds. The van der Waals surface area contributed by atoms with Crippen molar-refractivity contribution in [3.63, 3.8) is 0 Å². The fourth-order valence-corrected chi connectivity index (χ4v) is 1.18. The van der Waals surface area contributed by atoms with Crippen molar-refractivity contribution in [2.75, 3.05) is 0 Å². The first-order chi connectivity index (χ1) is 6.20. The smallest absolute Gasteiger partial charge is 0.103 e. The Morgan fingerprint density at radius 3 is 2.31 bits per heavy atom. The fourth-order valence-electron chi connectivity index (χ4n) is 1.18. The van der Waals surface area contributed by atoms with Gasteiger partial charge in [-0.1, -0.05) is 26.2 Å². The number of hydrogen-bond acceptors (Lipinski definition) is 1. The largest absolute Gasteiger partial charge is 0.192 e. The lowest BCUT2D eigenvalue weighted by Gasteiger charge is -1.96. The Hall–Kier alpha value is -0.990. The molecule has 0 saturated heterocycles. The third-order valence-electron chi connectivity index (χ3n) is 1.82. The van der Waals surface area contributed by atoms with Crippen LogP contribution >= 0.6 is 0 Å². The van der Waals surface area contributed by atoms with Crippen LogP contribution in [-0.4, -0.2) is 0 Å². The molecule has 0 spiro atoms. The van der Waals surface area contributed by atoms with Crippen molar-refractivity contribution >= 4 is 0 Å². The Bertz CT molecular complexity index is 232. The molecule has 0 fully saturated rings. The molecule has 0 aliphatic heterocycles. The van der Waals surface area contributed by atoms with E-state index in [0.29, 0.717) is 0 Å². The Morgan fingerprint density at radius 2 is 1.85 bits per heavy atom. The molecule has 0 aliphatic carbocycles. The summed E-state index contributed by atoms with van der Waals surface area (Å²) in [5.74, 6) is 0. The fraction of sp³-hybridized carbons (Fsp3) is 0.667. The lowest BCUT2D eigenvalue weighted by atomic mass is 10.1. The first-order valence-corrected chi connectivity index (χ1v) is 5.03. The molecule has 0 N–H and O–H groups in total. The maximum Gasteiger partial charge on any atom is 0.103 e. The summed E-state index contributed by atoms with van der Waals surface area (Å²) in [7, 11) is 0. The monoisotopic (exact) mass is 177 g/mol. The van der Waals surface area contributed by atoms with E-state index in [4.69, 9.17) is 5.26 Å². The van der Waals surface area contributed by atoms with Gasteiger partial charge in [0.05, 0.1) is 5.57 Å². The number of allylic oxidation sites excluding steroid dienone is 1. The van der Waals surface area contributed by atoms with Gasteiger partial charge in [0.25, 0.3) is 0 Å². The van der Waals surface area contributed by atoms with E-state index in [-0.39, 0.29) is 0 Å². The normalized spacial score (nSPS) is 8.77. The molecule has 0 saturated carbocycles. The van der Waals surface area contributed by atoms with Crippen LogP contribution < -0.4 is 0 Å². The Kier molecular flexibility index (Phi) is 7.07. The van der Waals surface area contributed by atoms with Crippen molar-refractivity contribution < 1.29 is 0 Å². The summed E-state index contributed by atoms with van der Waals surface area (Å²) in [6, 6.07) is 2.20. The van der Waals surface area contributed by atoms with Gasteiger partial charge >= 0.3 is 0 Å². The molecule has 0 bridgehead atoms. The second-order valence-electron chi connectivity index (χ2n) is 3.53. The highest BCUT2D eigenvalue weighted by Crippen LogP contribution is 2.08. The topological polar surface area (TPSA) is 23.8 Å². The molecule has 0 aromatic carbocycles. The highest BCUT2D eigenvalue weighted by Gasteiger charge is 1.94. The van der Waals surface area contributed by atoms with Crippen molar-refractivity contribution in [3.05, 3.63) is 16.9 Å². The van der Waals surface area contributed by atoms with Crippen LogP contribution in [0.15, 0.2) is 16.9 Å². The molecule has 0 aromatic rings. The van der Waals surface area contributed by atoms with Gasteiger partial charge in [-0.3, -0.25) is 0 Å². The molecule has 0 aromatic heterocycles. The minimum Gasteiger partial charge on any atom is -0.192 e. The van der Waals surface area contributed by atoms with Gasteiger partial charge in [-0.25, -0.2) is 0 Å². The second-order valence-corrected chi connectivity index (χ2v) is 3.53. The van der Waals surface area contributed by atoms with Crippen molar-refractivity contribution in [1.82, 2.24) is 0 Å². The van der Waals surface area contributed by atoms with Gasteiger partial charge in [-0.15, -0.1) is 5.73 Å². The average Bonchev–Trinajstić information content (AvgIpc) is 2.09. The zero-order valence-electron chi connectivity index (χ0n) is 8.98. The van der Waals surface area contributed by atoms with Gasteiger partial charge in [0, 0.05) is 0 Å². The van der Waals surface area contributed by atoms with E-state index in [1.54, 1.807) is 0 Å². The van der Waals surface area contributed by atoms with Crippen LogP contribution in [0, 0.1) is 11.3 Å². The summed E-state index contributed by atoms with van der Waals surface area (Å²) >= 11 is 0. The summed E-state index contributed by atoms with van der Waals surface area (Å²) in [5, 5.41) is 8.77. The molecule has 72 valence electrons. The molecule has 0 heterocycles. The SMILES string of the molecule is CCCCCCC(=C=C(C)C)C#N. The highest BCUT2D eigenvalue weighted by molar-refractivity contribution is 5.21. The van der Waals surface area contributed by atoms with Crippen LogP contribution in [0.2, 0.25) is 0 Å². The van der Waals surface area contributed by atoms with Crippen molar-refractivity contribution in [1.29, 1.82) is 5.26 Å². The van der Waals surface area contributed by atoms with Gasteiger partial charge in [0.15, 0.2) is 0 Å². The molecule has 0 radical (unpaired) electrons. The second kappa shape index (κ2) is 7.65. The summed E-state index contributed by atoms with van der Waals surface area (Å²) in [6.45, 7) is 6.14. The molecular formula is C12H19N. The third kappa shape index (κ3) is 7.37. The van der Waals surface area contributed by atoms with E-state index < -0.39 is 0 Å². The van der Waals surface area contributed by atoms with Crippen LogP contribution in [0.1, 0.15) is 52.9 Å². The Morgan fingerprint density at radius 1 is 1.15 bits per heavy atom. The maximum absolute atomic E-state index is 8.77. The average molecular weight is 177 g/mol. The minimum atomic E-state index is 0.802. The van der Waals surface area contributed by atoms with Crippen molar-refractivity contribution in [2.45, 2.75) is 52.9 Å². The highest BCUT2D eigenvalue weighted by atomic mass is 14.2. The van der Waals surface area contributed by atoms with Gasteiger partial charge in [-0.05, 0) is 32.3 Å². The number of nitriles is 1. The van der Waals surface area contributed by atoms with Crippen LogP contribution in [0.5, 0.6) is 0 Å². The first kappa shape index (κ1) is 12.0. The van der Waals surface area contributed by atoms with Crippen molar-refractivity contribution in [3.8, 4) is 6.07 Å². The van der Waals surface area contributed by atoms with E-state index in [1.165, 1.54) is 19.3 Å². The summed E-state index contributed by atoms with van der Waals surface area (Å²) in [4.78, 5) is 0. The van der Waals surface area contributed by atoms with Gasteiger partial charge in [0.1, 0.15) is 6.07 Å². The number of unbranched alkanes of at least 4 members (excludes halogenated alkanes) is 3. The minimum absolute atomic E-state index is 0.802. The third-order valence-corrected chi connectivity index (χ3v) is 1.82. The van der Waals surface area contributed by atoms with Crippen LogP contribution in [0.3, 0.4) is 0 Å². The predicted molar refractivity (Wildman–Crippen MR) is 56.3 cm³/mol. The van der Waals surface area contributed by atoms with Gasteiger partial charge < -0.3 is 0 Å². The van der Waals surface area contributed by atoms with Crippen LogP contribution in [0.25, 0.3) is 0 Å². The zero-order chi connectivity index (χ0) is 10.1. The Labute approximate surface area is 81.8 Å². The molecule has 1 heteroatoms.